The first-order valence-corrected chi connectivity index (χ1v) is 9.10. The van der Waals surface area contributed by atoms with E-state index >= 15 is 0 Å². The van der Waals surface area contributed by atoms with E-state index in [9.17, 15) is 9.59 Å². The number of pyridine rings is 1. The molecule has 1 aliphatic rings. The Morgan fingerprint density at radius 1 is 1.11 bits per heavy atom. The minimum absolute atomic E-state index is 0.231. The number of nitrogens with zero attached hydrogens (tertiary/aromatic N) is 1. The first-order valence-electron chi connectivity index (χ1n) is 8.72. The van der Waals surface area contributed by atoms with Gasteiger partial charge in [0.05, 0.1) is 16.8 Å². The van der Waals surface area contributed by atoms with Gasteiger partial charge in [0.1, 0.15) is 0 Å². The van der Waals surface area contributed by atoms with Crippen LogP contribution in [0.3, 0.4) is 0 Å². The lowest BCUT2D eigenvalue weighted by atomic mass is 10.0. The quantitative estimate of drug-likeness (QED) is 0.679. The first kappa shape index (κ1) is 17.5. The van der Waals surface area contributed by atoms with Crippen LogP contribution in [0.1, 0.15) is 23.2 Å². The van der Waals surface area contributed by atoms with Crippen LogP contribution in [0.15, 0.2) is 54.6 Å². The number of para-hydroxylation sites is 1. The van der Waals surface area contributed by atoms with Crippen LogP contribution in [-0.2, 0) is 9.53 Å². The Balaban J connectivity index is 1.64. The van der Waals surface area contributed by atoms with Crippen LogP contribution in [-0.4, -0.2) is 29.5 Å². The number of rotatable bonds is 5. The molecule has 0 spiro atoms. The number of benzene rings is 2. The number of hydrogen-bond donors (Lipinski definition) is 1. The summed E-state index contributed by atoms with van der Waals surface area (Å²) >= 11 is 5.95. The van der Waals surface area contributed by atoms with E-state index in [1.54, 1.807) is 18.2 Å². The van der Waals surface area contributed by atoms with E-state index in [-0.39, 0.29) is 18.6 Å². The topological polar surface area (TPSA) is 68.3 Å². The molecule has 0 unspecified atom stereocenters. The summed E-state index contributed by atoms with van der Waals surface area (Å²) in [5.41, 5.74) is 2.54. The van der Waals surface area contributed by atoms with Gasteiger partial charge < -0.3 is 10.1 Å². The minimum Gasteiger partial charge on any atom is -0.452 e. The number of esters is 1. The normalized spacial score (nSPS) is 13.4. The molecule has 0 aliphatic heterocycles. The number of amides is 1. The molecule has 1 fully saturated rings. The molecule has 6 heteroatoms. The molecule has 0 radical (unpaired) electrons. The average Bonchev–Trinajstić information content (AvgIpc) is 3.49. The van der Waals surface area contributed by atoms with Gasteiger partial charge in [0, 0.05) is 22.0 Å². The number of halogens is 1. The fraction of sp³-hybridized carbons (Fsp3) is 0.190. The highest BCUT2D eigenvalue weighted by Crippen LogP contribution is 2.26. The van der Waals surface area contributed by atoms with Crippen LogP contribution in [0, 0.1) is 0 Å². The van der Waals surface area contributed by atoms with E-state index in [1.807, 2.05) is 36.4 Å². The van der Waals surface area contributed by atoms with Gasteiger partial charge in [-0.05, 0) is 37.1 Å². The number of nitrogens with one attached hydrogen (secondary N) is 1. The van der Waals surface area contributed by atoms with Crippen LogP contribution in [0.5, 0.6) is 0 Å². The lowest BCUT2D eigenvalue weighted by molar-refractivity contribution is -0.124. The molecule has 2 aromatic carbocycles. The largest absolute Gasteiger partial charge is 0.452 e. The Morgan fingerprint density at radius 2 is 1.85 bits per heavy atom. The number of fused-ring (bicyclic) bond motifs is 1. The van der Waals surface area contributed by atoms with Crippen molar-refractivity contribution < 1.29 is 14.3 Å². The molecule has 5 nitrogen and oxygen atoms in total. The van der Waals surface area contributed by atoms with Gasteiger partial charge in [0.15, 0.2) is 6.61 Å². The van der Waals surface area contributed by atoms with E-state index in [0.29, 0.717) is 27.2 Å². The van der Waals surface area contributed by atoms with Gasteiger partial charge in [-0.15, -0.1) is 0 Å². The molecule has 1 amide bonds. The summed E-state index contributed by atoms with van der Waals surface area (Å²) in [6.45, 7) is -0.289. The highest BCUT2D eigenvalue weighted by Gasteiger charge is 2.24. The van der Waals surface area contributed by atoms with E-state index < -0.39 is 5.97 Å². The predicted molar refractivity (Wildman–Crippen MR) is 104 cm³/mol. The highest BCUT2D eigenvalue weighted by atomic mass is 35.5. The van der Waals surface area contributed by atoms with Gasteiger partial charge in [-0.2, -0.15) is 0 Å². The van der Waals surface area contributed by atoms with Crippen molar-refractivity contribution >= 4 is 34.4 Å². The van der Waals surface area contributed by atoms with Crippen LogP contribution in [0.4, 0.5) is 0 Å². The molecular formula is C21H17ClN2O3. The summed E-state index contributed by atoms with van der Waals surface area (Å²) in [4.78, 5) is 29.1. The summed E-state index contributed by atoms with van der Waals surface area (Å²) in [5.74, 6) is -0.822. The molecule has 1 N–H and O–H groups in total. The second-order valence-electron chi connectivity index (χ2n) is 6.50. The zero-order valence-electron chi connectivity index (χ0n) is 14.4. The third-order valence-electron chi connectivity index (χ3n) is 4.35. The Hall–Kier alpha value is -2.92. The van der Waals surface area contributed by atoms with Gasteiger partial charge in [-0.25, -0.2) is 9.78 Å². The summed E-state index contributed by atoms with van der Waals surface area (Å²) in [5, 5.41) is 4.11. The molecule has 3 aromatic rings. The molecule has 1 aliphatic carbocycles. The number of hydrogen-bond acceptors (Lipinski definition) is 4. The first-order chi connectivity index (χ1) is 13.1. The van der Waals surface area contributed by atoms with Gasteiger partial charge in [-0.3, -0.25) is 4.79 Å². The van der Waals surface area contributed by atoms with Crippen LogP contribution in [0.2, 0.25) is 5.02 Å². The lowest BCUT2D eigenvalue weighted by Crippen LogP contribution is -2.30. The van der Waals surface area contributed by atoms with Gasteiger partial charge >= 0.3 is 5.97 Å². The maximum atomic E-state index is 12.7. The van der Waals surface area contributed by atoms with E-state index in [1.165, 1.54) is 0 Å². The smallest absolute Gasteiger partial charge is 0.339 e. The molecule has 136 valence electrons. The molecule has 27 heavy (non-hydrogen) atoms. The van der Waals surface area contributed by atoms with Gasteiger partial charge in [0.25, 0.3) is 5.91 Å². The van der Waals surface area contributed by atoms with E-state index in [2.05, 4.69) is 10.3 Å². The molecule has 0 saturated heterocycles. The van der Waals surface area contributed by atoms with Crippen LogP contribution >= 0.6 is 11.6 Å². The summed E-state index contributed by atoms with van der Waals surface area (Å²) in [6, 6.07) is 16.5. The number of carbonyl (C=O) groups excluding carboxylic acids is 2. The maximum absolute atomic E-state index is 12.7. The standard InChI is InChI=1S/C21H17ClN2O3/c22-14-7-5-13(6-8-14)19-11-17(16-3-1-2-4-18(16)24-19)21(26)27-12-20(25)23-15-9-10-15/h1-8,11,15H,9-10,12H2,(H,23,25). The second-order valence-corrected chi connectivity index (χ2v) is 6.93. The molecule has 0 bridgehead atoms. The molecule has 1 aromatic heterocycles. The van der Waals surface area contributed by atoms with Crippen molar-refractivity contribution in [1.82, 2.24) is 10.3 Å². The van der Waals surface area contributed by atoms with Crippen molar-refractivity contribution in [2.24, 2.45) is 0 Å². The molecule has 1 saturated carbocycles. The summed E-state index contributed by atoms with van der Waals surface area (Å²) in [7, 11) is 0. The monoisotopic (exact) mass is 380 g/mol. The molecule has 0 atom stereocenters. The van der Waals surface area contributed by atoms with E-state index in [4.69, 9.17) is 16.3 Å². The van der Waals surface area contributed by atoms with Crippen LogP contribution in [0.25, 0.3) is 22.2 Å². The lowest BCUT2D eigenvalue weighted by Gasteiger charge is -2.10. The third-order valence-corrected chi connectivity index (χ3v) is 4.60. The van der Waals surface area contributed by atoms with Crippen molar-refractivity contribution in [2.45, 2.75) is 18.9 Å². The fourth-order valence-electron chi connectivity index (χ4n) is 2.82. The average molecular weight is 381 g/mol. The van der Waals surface area contributed by atoms with Crippen molar-refractivity contribution in [1.29, 1.82) is 0 Å². The molecular weight excluding hydrogens is 364 g/mol. The summed E-state index contributed by atoms with van der Waals surface area (Å²) < 4.78 is 5.24. The SMILES string of the molecule is O=C(COC(=O)c1cc(-c2ccc(Cl)cc2)nc2ccccc12)NC1CC1. The molecule has 1 heterocycles. The van der Waals surface area contributed by atoms with Crippen molar-refractivity contribution in [3.63, 3.8) is 0 Å². The zero-order valence-corrected chi connectivity index (χ0v) is 15.2. The summed E-state index contributed by atoms with van der Waals surface area (Å²) in [6.07, 6.45) is 1.97. The number of carbonyl (C=O) groups is 2. The van der Waals surface area contributed by atoms with Crippen molar-refractivity contribution in [3.05, 3.63) is 65.2 Å². The number of ether oxygens (including phenoxy) is 1. The number of aromatic nitrogens is 1. The minimum atomic E-state index is -0.547. The van der Waals surface area contributed by atoms with Crippen molar-refractivity contribution in [3.8, 4) is 11.3 Å². The van der Waals surface area contributed by atoms with Gasteiger partial charge in [0.2, 0.25) is 0 Å². The highest BCUT2D eigenvalue weighted by molar-refractivity contribution is 6.30. The maximum Gasteiger partial charge on any atom is 0.339 e. The molecule has 4 rings (SSSR count). The predicted octanol–water partition coefficient (Wildman–Crippen LogP) is 3.99. The van der Waals surface area contributed by atoms with Crippen LogP contribution < -0.4 is 5.32 Å². The Bertz CT molecular complexity index is 1010. The Labute approximate surface area is 161 Å². The fourth-order valence-corrected chi connectivity index (χ4v) is 2.94. The Kier molecular flexibility index (Phi) is 4.77. The van der Waals surface area contributed by atoms with Gasteiger partial charge in [-0.1, -0.05) is 41.9 Å². The second kappa shape index (κ2) is 7.37. The third kappa shape index (κ3) is 4.09. The zero-order chi connectivity index (χ0) is 18.8. The van der Waals surface area contributed by atoms with Crippen molar-refractivity contribution in [2.75, 3.05) is 6.61 Å². The van der Waals surface area contributed by atoms with E-state index in [0.717, 1.165) is 18.4 Å². The Morgan fingerprint density at radius 3 is 2.59 bits per heavy atom.